The first-order chi connectivity index (χ1) is 12.6. The molecule has 1 N–H and O–H groups in total. The molecule has 1 aliphatic heterocycles. The standard InChI is InChI=1S/C22H26N2O2/c1-3-19(17-8-6-5-7-9-17)22(26)23-15-16-10-11-20-18(14-16)12-13-24(20)21(25)4-2/h5-11,14,19H,3-4,12-13,15H2,1-2H3,(H,23,26)/t19-/m1/s1. The van der Waals surface area contributed by atoms with Crippen LogP contribution in [0.2, 0.25) is 0 Å². The molecule has 0 fully saturated rings. The molecule has 4 heteroatoms. The number of benzene rings is 2. The minimum Gasteiger partial charge on any atom is -0.351 e. The molecule has 0 bridgehead atoms. The fourth-order valence-electron chi connectivity index (χ4n) is 3.59. The van der Waals surface area contributed by atoms with Crippen molar-refractivity contribution in [2.24, 2.45) is 0 Å². The lowest BCUT2D eigenvalue weighted by molar-refractivity contribution is -0.122. The number of hydrogen-bond donors (Lipinski definition) is 1. The molecule has 0 unspecified atom stereocenters. The van der Waals surface area contributed by atoms with Crippen LogP contribution in [0.25, 0.3) is 0 Å². The summed E-state index contributed by atoms with van der Waals surface area (Å²) in [5, 5.41) is 3.07. The van der Waals surface area contributed by atoms with Crippen molar-refractivity contribution in [3.63, 3.8) is 0 Å². The molecule has 136 valence electrons. The van der Waals surface area contributed by atoms with E-state index in [0.29, 0.717) is 13.0 Å². The number of nitrogens with one attached hydrogen (secondary N) is 1. The van der Waals surface area contributed by atoms with Gasteiger partial charge in [-0.25, -0.2) is 0 Å². The lowest BCUT2D eigenvalue weighted by Gasteiger charge is -2.17. The highest BCUT2D eigenvalue weighted by Gasteiger charge is 2.24. The van der Waals surface area contributed by atoms with Crippen LogP contribution in [0, 0.1) is 0 Å². The third-order valence-electron chi connectivity index (χ3n) is 5.04. The predicted molar refractivity (Wildman–Crippen MR) is 104 cm³/mol. The van der Waals surface area contributed by atoms with Crippen LogP contribution in [0.1, 0.15) is 49.3 Å². The van der Waals surface area contributed by atoms with Gasteiger partial charge in [0, 0.05) is 25.2 Å². The van der Waals surface area contributed by atoms with Crippen molar-refractivity contribution < 1.29 is 9.59 Å². The normalized spacial score (nSPS) is 14.0. The largest absolute Gasteiger partial charge is 0.351 e. The first kappa shape index (κ1) is 18.2. The van der Waals surface area contributed by atoms with Crippen molar-refractivity contribution in [1.29, 1.82) is 0 Å². The van der Waals surface area contributed by atoms with Crippen LogP contribution in [0.5, 0.6) is 0 Å². The third kappa shape index (κ3) is 3.79. The summed E-state index contributed by atoms with van der Waals surface area (Å²) in [6.45, 7) is 5.19. The summed E-state index contributed by atoms with van der Waals surface area (Å²) in [7, 11) is 0. The summed E-state index contributed by atoms with van der Waals surface area (Å²) in [4.78, 5) is 26.4. The second-order valence-corrected chi connectivity index (χ2v) is 6.70. The van der Waals surface area contributed by atoms with E-state index in [2.05, 4.69) is 11.4 Å². The Morgan fingerprint density at radius 2 is 1.88 bits per heavy atom. The number of hydrogen-bond acceptors (Lipinski definition) is 2. The quantitative estimate of drug-likeness (QED) is 0.861. The number of nitrogens with zero attached hydrogens (tertiary/aromatic N) is 1. The van der Waals surface area contributed by atoms with E-state index in [1.54, 1.807) is 0 Å². The number of amides is 2. The van der Waals surface area contributed by atoms with Gasteiger partial charge in [-0.2, -0.15) is 0 Å². The fourth-order valence-corrected chi connectivity index (χ4v) is 3.59. The van der Waals surface area contributed by atoms with Gasteiger partial charge >= 0.3 is 0 Å². The van der Waals surface area contributed by atoms with Gasteiger partial charge in [0.2, 0.25) is 11.8 Å². The number of fused-ring (bicyclic) bond motifs is 1. The van der Waals surface area contributed by atoms with Crippen molar-refractivity contribution in [2.75, 3.05) is 11.4 Å². The molecule has 0 saturated carbocycles. The minimum absolute atomic E-state index is 0.0574. The van der Waals surface area contributed by atoms with Crippen LogP contribution in [0.4, 0.5) is 5.69 Å². The van der Waals surface area contributed by atoms with E-state index in [9.17, 15) is 9.59 Å². The minimum atomic E-state index is -0.122. The number of carbonyl (C=O) groups excluding carboxylic acids is 2. The first-order valence-electron chi connectivity index (χ1n) is 9.38. The van der Waals surface area contributed by atoms with Gasteiger partial charge in [0.25, 0.3) is 0 Å². The van der Waals surface area contributed by atoms with E-state index in [1.165, 1.54) is 5.56 Å². The predicted octanol–water partition coefficient (Wildman–Crippen LogP) is 3.80. The third-order valence-corrected chi connectivity index (χ3v) is 5.04. The summed E-state index contributed by atoms with van der Waals surface area (Å²) in [5.41, 5.74) is 4.33. The van der Waals surface area contributed by atoms with Crippen LogP contribution in [-0.2, 0) is 22.6 Å². The zero-order valence-electron chi connectivity index (χ0n) is 15.5. The summed E-state index contributed by atoms with van der Waals surface area (Å²) in [6.07, 6.45) is 2.17. The molecule has 4 nitrogen and oxygen atoms in total. The molecule has 0 saturated heterocycles. The van der Waals surface area contributed by atoms with Crippen molar-refractivity contribution in [2.45, 2.75) is 45.6 Å². The van der Waals surface area contributed by atoms with Gasteiger partial charge in [0.15, 0.2) is 0 Å². The van der Waals surface area contributed by atoms with Crippen molar-refractivity contribution in [3.05, 3.63) is 65.2 Å². The maximum absolute atomic E-state index is 12.6. The molecule has 3 rings (SSSR count). The number of carbonyl (C=O) groups is 2. The molecular formula is C22H26N2O2. The van der Waals surface area contributed by atoms with Crippen molar-refractivity contribution >= 4 is 17.5 Å². The van der Waals surface area contributed by atoms with Gasteiger partial charge in [-0.05, 0) is 35.6 Å². The van der Waals surface area contributed by atoms with E-state index in [1.807, 2.05) is 61.2 Å². The Labute approximate surface area is 155 Å². The Bertz CT molecular complexity index is 786. The molecule has 2 aromatic carbocycles. The molecule has 0 aromatic heterocycles. The molecule has 1 aliphatic rings. The molecule has 2 amide bonds. The van der Waals surface area contributed by atoms with Gasteiger partial charge in [-0.3, -0.25) is 9.59 Å². The molecule has 2 aromatic rings. The van der Waals surface area contributed by atoms with Gasteiger partial charge < -0.3 is 10.2 Å². The monoisotopic (exact) mass is 350 g/mol. The van der Waals surface area contributed by atoms with Gasteiger partial charge in [0.1, 0.15) is 0 Å². The number of anilines is 1. The van der Waals surface area contributed by atoms with Crippen molar-refractivity contribution in [3.8, 4) is 0 Å². The molecule has 1 heterocycles. The zero-order chi connectivity index (χ0) is 18.5. The van der Waals surface area contributed by atoms with Crippen LogP contribution >= 0.6 is 0 Å². The molecule has 1 atom stereocenters. The molecule has 0 radical (unpaired) electrons. The highest BCUT2D eigenvalue weighted by Crippen LogP contribution is 2.29. The Kier molecular flexibility index (Phi) is 5.71. The van der Waals surface area contributed by atoms with Gasteiger partial charge in [-0.1, -0.05) is 56.3 Å². The van der Waals surface area contributed by atoms with Crippen LogP contribution in [0.3, 0.4) is 0 Å². The van der Waals surface area contributed by atoms with Crippen LogP contribution in [-0.4, -0.2) is 18.4 Å². The zero-order valence-corrected chi connectivity index (χ0v) is 15.5. The van der Waals surface area contributed by atoms with Crippen LogP contribution < -0.4 is 10.2 Å². The maximum atomic E-state index is 12.6. The van der Waals surface area contributed by atoms with E-state index in [0.717, 1.165) is 36.2 Å². The summed E-state index contributed by atoms with van der Waals surface area (Å²) in [6, 6.07) is 16.0. The Morgan fingerprint density at radius 3 is 2.58 bits per heavy atom. The highest BCUT2D eigenvalue weighted by molar-refractivity contribution is 5.95. The number of rotatable bonds is 6. The Hall–Kier alpha value is -2.62. The lowest BCUT2D eigenvalue weighted by atomic mass is 9.95. The average molecular weight is 350 g/mol. The smallest absolute Gasteiger partial charge is 0.227 e. The van der Waals surface area contributed by atoms with E-state index >= 15 is 0 Å². The molecular weight excluding hydrogens is 324 g/mol. The van der Waals surface area contributed by atoms with Crippen molar-refractivity contribution in [1.82, 2.24) is 5.32 Å². The lowest BCUT2D eigenvalue weighted by Crippen LogP contribution is -2.29. The van der Waals surface area contributed by atoms with E-state index < -0.39 is 0 Å². The average Bonchev–Trinajstić information content (AvgIpc) is 3.10. The van der Waals surface area contributed by atoms with E-state index in [4.69, 9.17) is 0 Å². The fraction of sp³-hybridized carbons (Fsp3) is 0.364. The summed E-state index contributed by atoms with van der Waals surface area (Å²) < 4.78 is 0. The second-order valence-electron chi connectivity index (χ2n) is 6.70. The Morgan fingerprint density at radius 1 is 1.12 bits per heavy atom. The summed E-state index contributed by atoms with van der Waals surface area (Å²) >= 11 is 0. The molecule has 0 aliphatic carbocycles. The van der Waals surface area contributed by atoms with Gasteiger partial charge in [-0.15, -0.1) is 0 Å². The first-order valence-corrected chi connectivity index (χ1v) is 9.38. The second kappa shape index (κ2) is 8.17. The molecule has 0 spiro atoms. The highest BCUT2D eigenvalue weighted by atomic mass is 16.2. The van der Waals surface area contributed by atoms with E-state index in [-0.39, 0.29) is 17.7 Å². The maximum Gasteiger partial charge on any atom is 0.227 e. The summed E-state index contributed by atoms with van der Waals surface area (Å²) in [5.74, 6) is 0.101. The van der Waals surface area contributed by atoms with Gasteiger partial charge in [0.05, 0.1) is 5.92 Å². The van der Waals surface area contributed by atoms with Crippen LogP contribution in [0.15, 0.2) is 48.5 Å². The topological polar surface area (TPSA) is 49.4 Å². The molecule has 26 heavy (non-hydrogen) atoms. The SMILES string of the molecule is CCC(=O)N1CCc2cc(CNC(=O)[C@H](CC)c3ccccc3)ccc21. The Balaban J connectivity index is 1.65.